The van der Waals surface area contributed by atoms with Crippen molar-refractivity contribution in [1.82, 2.24) is 4.72 Å². The van der Waals surface area contributed by atoms with Gasteiger partial charge in [0.1, 0.15) is 10.9 Å². The van der Waals surface area contributed by atoms with Gasteiger partial charge < -0.3 is 5.11 Å². The molecule has 0 bridgehead atoms. The molecule has 1 atom stereocenters. The highest BCUT2D eigenvalue weighted by Gasteiger charge is 2.29. The maximum absolute atomic E-state index is 12.5. The fraction of sp³-hybridized carbons (Fsp3) is 0.462. The van der Waals surface area contributed by atoms with Crippen LogP contribution in [0.25, 0.3) is 0 Å². The summed E-state index contributed by atoms with van der Waals surface area (Å²) in [5, 5.41) is 9.39. The largest absolute Gasteiger partial charge is 0.480 e. The Kier molecular flexibility index (Phi) is 6.04. The molecule has 0 spiro atoms. The molecule has 8 heteroatoms. The Hall–Kier alpha value is -0.820. The van der Waals surface area contributed by atoms with E-state index in [2.05, 4.69) is 4.72 Å². The average Bonchev–Trinajstić information content (AvgIpc) is 2.35. The lowest BCUT2D eigenvalue weighted by molar-refractivity contribution is -0.139. The molecule has 21 heavy (non-hydrogen) atoms. The average molecular weight is 354 g/mol. The van der Waals surface area contributed by atoms with Crippen molar-refractivity contribution in [2.75, 3.05) is 0 Å². The minimum Gasteiger partial charge on any atom is -0.480 e. The van der Waals surface area contributed by atoms with Crippen LogP contribution in [0.15, 0.2) is 11.0 Å². The number of rotatable bonds is 6. The Balaban J connectivity index is 3.35. The van der Waals surface area contributed by atoms with Crippen LogP contribution in [0.1, 0.15) is 30.9 Å². The van der Waals surface area contributed by atoms with E-state index in [0.717, 1.165) is 0 Å². The summed E-state index contributed by atoms with van der Waals surface area (Å²) in [6.45, 7) is 4.93. The van der Waals surface area contributed by atoms with Gasteiger partial charge in [-0.15, -0.1) is 0 Å². The molecule has 5 nitrogen and oxygen atoms in total. The van der Waals surface area contributed by atoms with Gasteiger partial charge in [0, 0.05) is 5.02 Å². The van der Waals surface area contributed by atoms with Crippen LogP contribution in [0.2, 0.25) is 10.0 Å². The van der Waals surface area contributed by atoms with Gasteiger partial charge in [0.15, 0.2) is 0 Å². The number of benzene rings is 1. The maximum atomic E-state index is 12.5. The van der Waals surface area contributed by atoms with Crippen LogP contribution < -0.4 is 4.72 Å². The van der Waals surface area contributed by atoms with E-state index in [4.69, 9.17) is 28.3 Å². The lowest BCUT2D eigenvalue weighted by atomic mass is 10.2. The van der Waals surface area contributed by atoms with Crippen molar-refractivity contribution in [3.63, 3.8) is 0 Å². The molecule has 0 saturated heterocycles. The van der Waals surface area contributed by atoms with Crippen molar-refractivity contribution in [2.45, 2.75) is 44.6 Å². The Morgan fingerprint density at radius 1 is 1.38 bits per heavy atom. The molecule has 1 aromatic carbocycles. The van der Waals surface area contributed by atoms with Gasteiger partial charge in [0.25, 0.3) is 0 Å². The Labute approximate surface area is 134 Å². The summed E-state index contributed by atoms with van der Waals surface area (Å²) in [7, 11) is -4.08. The van der Waals surface area contributed by atoms with E-state index in [9.17, 15) is 13.2 Å². The minimum absolute atomic E-state index is 0.0463. The number of carboxylic acid groups (broad SMARTS) is 1. The van der Waals surface area contributed by atoms with E-state index in [1.807, 2.05) is 0 Å². The first-order chi connectivity index (χ1) is 9.61. The highest BCUT2D eigenvalue weighted by atomic mass is 35.5. The highest BCUT2D eigenvalue weighted by Crippen LogP contribution is 2.33. The molecule has 0 aliphatic heterocycles. The van der Waals surface area contributed by atoms with Crippen LogP contribution in [0.5, 0.6) is 0 Å². The van der Waals surface area contributed by atoms with E-state index in [-0.39, 0.29) is 21.4 Å². The van der Waals surface area contributed by atoms with Crippen molar-refractivity contribution < 1.29 is 18.3 Å². The van der Waals surface area contributed by atoms with Gasteiger partial charge in [-0.1, -0.05) is 36.5 Å². The van der Waals surface area contributed by atoms with Gasteiger partial charge in [-0.25, -0.2) is 8.42 Å². The number of carbonyl (C=O) groups is 1. The molecule has 0 amide bonds. The number of sulfonamides is 1. The monoisotopic (exact) mass is 353 g/mol. The molecule has 0 aromatic heterocycles. The standard InChI is InChI=1S/C13H17Cl2NO4S/c1-4-5-10(13(17)18)16-21(19,20)12-8(3)9(14)6-7(2)11(12)15/h6,10,16H,4-5H2,1-3H3,(H,17,18)/t10-/m1/s1. The molecule has 0 heterocycles. The quantitative estimate of drug-likeness (QED) is 0.822. The van der Waals surface area contributed by atoms with E-state index in [1.54, 1.807) is 19.9 Å². The van der Waals surface area contributed by atoms with E-state index < -0.39 is 22.0 Å². The molecule has 0 aliphatic rings. The summed E-state index contributed by atoms with van der Waals surface area (Å²) in [5.74, 6) is -1.23. The van der Waals surface area contributed by atoms with Crippen molar-refractivity contribution >= 4 is 39.2 Å². The first-order valence-corrected chi connectivity index (χ1v) is 8.56. The van der Waals surface area contributed by atoms with Gasteiger partial charge in [-0.3, -0.25) is 4.79 Å². The number of nitrogens with one attached hydrogen (secondary N) is 1. The molecule has 0 aliphatic carbocycles. The normalized spacial score (nSPS) is 13.2. The second kappa shape index (κ2) is 6.96. The fourth-order valence-electron chi connectivity index (χ4n) is 1.90. The fourth-order valence-corrected chi connectivity index (χ4v) is 4.34. The molecule has 118 valence electrons. The number of hydrogen-bond donors (Lipinski definition) is 2. The van der Waals surface area contributed by atoms with Crippen LogP contribution >= 0.6 is 23.2 Å². The van der Waals surface area contributed by atoms with Gasteiger partial charge in [-0.2, -0.15) is 4.72 Å². The maximum Gasteiger partial charge on any atom is 0.321 e. The smallest absolute Gasteiger partial charge is 0.321 e. The number of carboxylic acids is 1. The van der Waals surface area contributed by atoms with Gasteiger partial charge in [0.2, 0.25) is 10.0 Å². The third-order valence-electron chi connectivity index (χ3n) is 3.03. The van der Waals surface area contributed by atoms with Gasteiger partial charge in [0.05, 0.1) is 5.02 Å². The Morgan fingerprint density at radius 2 is 1.95 bits per heavy atom. The van der Waals surface area contributed by atoms with Crippen LogP contribution in [-0.2, 0) is 14.8 Å². The van der Waals surface area contributed by atoms with Crippen molar-refractivity contribution in [2.24, 2.45) is 0 Å². The van der Waals surface area contributed by atoms with Gasteiger partial charge >= 0.3 is 5.97 Å². The summed E-state index contributed by atoms with van der Waals surface area (Å²) >= 11 is 12.1. The molecule has 2 N–H and O–H groups in total. The second-order valence-electron chi connectivity index (χ2n) is 4.74. The van der Waals surface area contributed by atoms with Crippen molar-refractivity contribution in [3.05, 3.63) is 27.2 Å². The third kappa shape index (κ3) is 4.10. The first kappa shape index (κ1) is 18.2. The van der Waals surface area contributed by atoms with Crippen LogP contribution in [0.3, 0.4) is 0 Å². The third-order valence-corrected chi connectivity index (χ3v) is 5.66. The SMILES string of the molecule is CCC[C@@H](NS(=O)(=O)c1c(C)c(Cl)cc(C)c1Cl)C(=O)O. The lowest BCUT2D eigenvalue weighted by Crippen LogP contribution is -2.41. The van der Waals surface area contributed by atoms with Crippen LogP contribution in [-0.4, -0.2) is 25.5 Å². The van der Waals surface area contributed by atoms with Crippen LogP contribution in [0.4, 0.5) is 0 Å². The molecule has 1 rings (SSSR count). The molecule has 0 fully saturated rings. The molecule has 1 aromatic rings. The van der Waals surface area contributed by atoms with E-state index in [0.29, 0.717) is 17.5 Å². The highest BCUT2D eigenvalue weighted by molar-refractivity contribution is 7.89. The summed E-state index contributed by atoms with van der Waals surface area (Å²) in [4.78, 5) is 10.9. The minimum atomic E-state index is -4.08. The molecule has 0 unspecified atom stereocenters. The number of hydrogen-bond acceptors (Lipinski definition) is 3. The predicted octanol–water partition coefficient (Wildman–Crippen LogP) is 3.14. The Morgan fingerprint density at radius 3 is 2.43 bits per heavy atom. The molecule has 0 radical (unpaired) electrons. The number of halogens is 2. The number of aryl methyl sites for hydroxylation is 1. The zero-order chi connectivity index (χ0) is 16.4. The molecule has 0 saturated carbocycles. The molecular formula is C13H17Cl2NO4S. The number of aliphatic carboxylic acids is 1. The topological polar surface area (TPSA) is 83.5 Å². The second-order valence-corrected chi connectivity index (χ2v) is 7.18. The molecular weight excluding hydrogens is 337 g/mol. The van der Waals surface area contributed by atoms with E-state index >= 15 is 0 Å². The van der Waals surface area contributed by atoms with E-state index in [1.165, 1.54) is 6.92 Å². The Bertz CT molecular complexity index is 632. The summed E-state index contributed by atoms with van der Waals surface area (Å²) < 4.78 is 27.1. The van der Waals surface area contributed by atoms with Crippen molar-refractivity contribution in [1.29, 1.82) is 0 Å². The summed E-state index contributed by atoms with van der Waals surface area (Å²) in [6, 6.07) is 0.369. The summed E-state index contributed by atoms with van der Waals surface area (Å²) in [6.07, 6.45) is 0.714. The van der Waals surface area contributed by atoms with Crippen LogP contribution in [0, 0.1) is 13.8 Å². The lowest BCUT2D eigenvalue weighted by Gasteiger charge is -2.17. The summed E-state index contributed by atoms with van der Waals surface area (Å²) in [5.41, 5.74) is 0.801. The zero-order valence-electron chi connectivity index (χ0n) is 11.9. The zero-order valence-corrected chi connectivity index (χ0v) is 14.2. The first-order valence-electron chi connectivity index (χ1n) is 6.32. The predicted molar refractivity (Wildman–Crippen MR) is 82.6 cm³/mol. The van der Waals surface area contributed by atoms with Crippen molar-refractivity contribution in [3.8, 4) is 0 Å². The van der Waals surface area contributed by atoms with Gasteiger partial charge in [-0.05, 0) is 37.5 Å².